The van der Waals surface area contributed by atoms with Gasteiger partial charge in [0.05, 0.1) is 6.61 Å². The molecule has 0 saturated carbocycles. The van der Waals surface area contributed by atoms with Gasteiger partial charge in [-0.1, -0.05) is 35.3 Å². The number of anilines is 1. The van der Waals surface area contributed by atoms with Crippen molar-refractivity contribution in [3.63, 3.8) is 0 Å². The van der Waals surface area contributed by atoms with Crippen LogP contribution in [0.15, 0.2) is 48.5 Å². The van der Waals surface area contributed by atoms with Crippen molar-refractivity contribution in [2.45, 2.75) is 6.61 Å². The van der Waals surface area contributed by atoms with Gasteiger partial charge in [-0.25, -0.2) is 0 Å². The maximum Gasteiger partial charge on any atom is 0.248 e. The number of aliphatic hydroxyl groups is 1. The largest absolute Gasteiger partial charge is 0.392 e. The van der Waals surface area contributed by atoms with Crippen molar-refractivity contribution in [3.05, 3.63) is 69.7 Å². The topological polar surface area (TPSA) is 49.3 Å². The standard InChI is InChI=1S/C16H13Cl2NO2/c17-13-7-12(8-14(18)9-13)3-6-16(21)19-15-4-1-11(10-20)2-5-15/h1-9,20H,10H2,(H,19,21). The zero-order chi connectivity index (χ0) is 15.2. The summed E-state index contributed by atoms with van der Waals surface area (Å²) < 4.78 is 0. The monoisotopic (exact) mass is 321 g/mol. The summed E-state index contributed by atoms with van der Waals surface area (Å²) in [7, 11) is 0. The third-order valence-corrected chi connectivity index (χ3v) is 3.15. The summed E-state index contributed by atoms with van der Waals surface area (Å²) in [4.78, 5) is 11.8. The van der Waals surface area contributed by atoms with Gasteiger partial charge in [-0.3, -0.25) is 4.79 Å². The van der Waals surface area contributed by atoms with E-state index in [0.717, 1.165) is 11.1 Å². The number of carbonyl (C=O) groups is 1. The molecule has 5 heteroatoms. The Labute approximate surface area is 132 Å². The molecule has 0 aliphatic heterocycles. The van der Waals surface area contributed by atoms with E-state index in [2.05, 4.69) is 5.32 Å². The lowest BCUT2D eigenvalue weighted by atomic mass is 10.2. The Bertz CT molecular complexity index is 646. The van der Waals surface area contributed by atoms with E-state index in [1.54, 1.807) is 48.5 Å². The minimum Gasteiger partial charge on any atom is -0.392 e. The zero-order valence-electron chi connectivity index (χ0n) is 11.0. The Morgan fingerprint density at radius 1 is 1.10 bits per heavy atom. The quantitative estimate of drug-likeness (QED) is 0.831. The number of amides is 1. The molecule has 21 heavy (non-hydrogen) atoms. The van der Waals surface area contributed by atoms with Crippen molar-refractivity contribution < 1.29 is 9.90 Å². The van der Waals surface area contributed by atoms with Gasteiger partial charge in [-0.05, 0) is 47.5 Å². The second-order valence-electron chi connectivity index (χ2n) is 4.38. The van der Waals surface area contributed by atoms with Crippen LogP contribution in [0.2, 0.25) is 10.0 Å². The number of hydrogen-bond donors (Lipinski definition) is 2. The van der Waals surface area contributed by atoms with Gasteiger partial charge in [-0.15, -0.1) is 0 Å². The smallest absolute Gasteiger partial charge is 0.248 e. The second kappa shape index (κ2) is 7.27. The molecule has 0 unspecified atom stereocenters. The van der Waals surface area contributed by atoms with Crippen LogP contribution in [0.4, 0.5) is 5.69 Å². The van der Waals surface area contributed by atoms with Gasteiger partial charge in [0.15, 0.2) is 0 Å². The number of hydrogen-bond acceptors (Lipinski definition) is 2. The molecule has 2 aromatic carbocycles. The molecule has 0 heterocycles. The summed E-state index contributed by atoms with van der Waals surface area (Å²) in [6, 6.07) is 12.0. The van der Waals surface area contributed by atoms with Crippen LogP contribution in [-0.4, -0.2) is 11.0 Å². The van der Waals surface area contributed by atoms with Gasteiger partial charge in [0.1, 0.15) is 0 Å². The SMILES string of the molecule is O=C(C=Cc1cc(Cl)cc(Cl)c1)Nc1ccc(CO)cc1. The van der Waals surface area contributed by atoms with Crippen molar-refractivity contribution >= 4 is 40.9 Å². The molecular weight excluding hydrogens is 309 g/mol. The van der Waals surface area contributed by atoms with Gasteiger partial charge < -0.3 is 10.4 Å². The van der Waals surface area contributed by atoms with E-state index >= 15 is 0 Å². The number of halogens is 2. The molecule has 3 nitrogen and oxygen atoms in total. The zero-order valence-corrected chi connectivity index (χ0v) is 12.5. The summed E-state index contributed by atoms with van der Waals surface area (Å²) >= 11 is 11.8. The average Bonchev–Trinajstić information content (AvgIpc) is 2.45. The normalized spacial score (nSPS) is 10.8. The lowest BCUT2D eigenvalue weighted by molar-refractivity contribution is -0.111. The van der Waals surface area contributed by atoms with Crippen molar-refractivity contribution in [2.75, 3.05) is 5.32 Å². The highest BCUT2D eigenvalue weighted by molar-refractivity contribution is 6.34. The first-order valence-corrected chi connectivity index (χ1v) is 6.97. The van der Waals surface area contributed by atoms with E-state index < -0.39 is 0 Å². The van der Waals surface area contributed by atoms with E-state index in [4.69, 9.17) is 28.3 Å². The Morgan fingerprint density at radius 3 is 2.29 bits per heavy atom. The molecular formula is C16H13Cl2NO2. The highest BCUT2D eigenvalue weighted by atomic mass is 35.5. The number of benzene rings is 2. The van der Waals surface area contributed by atoms with Crippen molar-refractivity contribution in [3.8, 4) is 0 Å². The van der Waals surface area contributed by atoms with Crippen LogP contribution < -0.4 is 5.32 Å². The van der Waals surface area contributed by atoms with Gasteiger partial charge in [0.2, 0.25) is 5.91 Å². The first-order chi connectivity index (χ1) is 10.1. The van der Waals surface area contributed by atoms with Gasteiger partial charge in [-0.2, -0.15) is 0 Å². The molecule has 0 aliphatic rings. The minimum absolute atomic E-state index is 0.0242. The Morgan fingerprint density at radius 2 is 1.71 bits per heavy atom. The van der Waals surface area contributed by atoms with Crippen molar-refractivity contribution in [1.82, 2.24) is 0 Å². The van der Waals surface area contributed by atoms with E-state index in [1.165, 1.54) is 6.08 Å². The number of nitrogens with one attached hydrogen (secondary N) is 1. The fourth-order valence-electron chi connectivity index (χ4n) is 1.72. The lowest BCUT2D eigenvalue weighted by Crippen LogP contribution is -2.07. The summed E-state index contributed by atoms with van der Waals surface area (Å²) in [6.45, 7) is -0.0242. The fraction of sp³-hybridized carbons (Fsp3) is 0.0625. The first kappa shape index (κ1) is 15.6. The van der Waals surface area contributed by atoms with Gasteiger partial charge >= 0.3 is 0 Å². The fourth-order valence-corrected chi connectivity index (χ4v) is 2.26. The highest BCUT2D eigenvalue weighted by Gasteiger charge is 1.99. The molecule has 0 saturated heterocycles. The summed E-state index contributed by atoms with van der Waals surface area (Å²) in [6.07, 6.45) is 3.04. The molecule has 0 spiro atoms. The molecule has 1 amide bonds. The maximum atomic E-state index is 11.8. The van der Waals surface area contributed by atoms with Gasteiger partial charge in [0.25, 0.3) is 0 Å². The van der Waals surface area contributed by atoms with Gasteiger partial charge in [0, 0.05) is 21.8 Å². The minimum atomic E-state index is -0.261. The molecule has 0 fully saturated rings. The molecule has 2 rings (SSSR count). The number of aliphatic hydroxyl groups excluding tert-OH is 1. The third kappa shape index (κ3) is 4.90. The van der Waals surface area contributed by atoms with Crippen LogP contribution in [0.3, 0.4) is 0 Å². The molecule has 0 atom stereocenters. The van der Waals surface area contributed by atoms with Crippen LogP contribution in [0.25, 0.3) is 6.08 Å². The lowest BCUT2D eigenvalue weighted by Gasteiger charge is -2.03. The molecule has 0 aliphatic carbocycles. The average molecular weight is 322 g/mol. The predicted octanol–water partition coefficient (Wildman–Crippen LogP) is 4.14. The first-order valence-electron chi connectivity index (χ1n) is 6.22. The van der Waals surface area contributed by atoms with E-state index in [9.17, 15) is 4.79 Å². The van der Waals surface area contributed by atoms with E-state index in [1.807, 2.05) is 0 Å². The van der Waals surface area contributed by atoms with Crippen LogP contribution in [0.1, 0.15) is 11.1 Å². The van der Waals surface area contributed by atoms with Crippen LogP contribution in [0.5, 0.6) is 0 Å². The van der Waals surface area contributed by atoms with Crippen LogP contribution in [-0.2, 0) is 11.4 Å². The number of carbonyl (C=O) groups excluding carboxylic acids is 1. The van der Waals surface area contributed by atoms with Crippen molar-refractivity contribution in [2.24, 2.45) is 0 Å². The van der Waals surface area contributed by atoms with E-state index in [-0.39, 0.29) is 12.5 Å². The third-order valence-electron chi connectivity index (χ3n) is 2.72. The molecule has 2 N–H and O–H groups in total. The Kier molecular flexibility index (Phi) is 5.39. The molecule has 0 radical (unpaired) electrons. The van der Waals surface area contributed by atoms with E-state index in [0.29, 0.717) is 15.7 Å². The van der Waals surface area contributed by atoms with Crippen LogP contribution in [0, 0.1) is 0 Å². The Balaban J connectivity index is 2.01. The summed E-state index contributed by atoms with van der Waals surface area (Å²) in [5.41, 5.74) is 2.20. The van der Waals surface area contributed by atoms with Crippen molar-refractivity contribution in [1.29, 1.82) is 0 Å². The molecule has 0 aromatic heterocycles. The summed E-state index contributed by atoms with van der Waals surface area (Å²) in [5.74, 6) is -0.261. The maximum absolute atomic E-state index is 11.8. The summed E-state index contributed by atoms with van der Waals surface area (Å²) in [5, 5.41) is 12.7. The molecule has 108 valence electrons. The number of rotatable bonds is 4. The predicted molar refractivity (Wildman–Crippen MR) is 86.5 cm³/mol. The highest BCUT2D eigenvalue weighted by Crippen LogP contribution is 2.20. The Hall–Kier alpha value is -1.81. The van der Waals surface area contributed by atoms with Crippen LogP contribution >= 0.6 is 23.2 Å². The molecule has 2 aromatic rings. The molecule has 0 bridgehead atoms. The second-order valence-corrected chi connectivity index (χ2v) is 5.25.